The van der Waals surface area contributed by atoms with Gasteiger partial charge in [0.2, 0.25) is 5.91 Å². The first-order valence-electron chi connectivity index (χ1n) is 8.71. The van der Waals surface area contributed by atoms with Crippen molar-refractivity contribution in [2.24, 2.45) is 11.7 Å². The summed E-state index contributed by atoms with van der Waals surface area (Å²) in [7, 11) is 0. The number of hydrogen-bond donors (Lipinski definition) is 3. The van der Waals surface area contributed by atoms with Crippen LogP contribution in [0, 0.1) is 17.6 Å². The van der Waals surface area contributed by atoms with Gasteiger partial charge < -0.3 is 16.4 Å². The molecule has 1 aliphatic rings. The van der Waals surface area contributed by atoms with Crippen molar-refractivity contribution in [3.05, 3.63) is 29.8 Å². The molecule has 0 heterocycles. The molecule has 2 rings (SSSR count). The SMILES string of the molecule is C[C@@H](CNc1c(F)cccc1F)NC(=O)[C@@H](N)CC1CCCCC1. The number of rotatable bonds is 7. The van der Waals surface area contributed by atoms with Crippen LogP contribution in [0.3, 0.4) is 0 Å². The molecule has 0 bridgehead atoms. The number of nitrogens with two attached hydrogens (primary N) is 1. The number of carbonyl (C=O) groups is 1. The lowest BCUT2D eigenvalue weighted by atomic mass is 9.85. The summed E-state index contributed by atoms with van der Waals surface area (Å²) in [6.45, 7) is 2.00. The van der Waals surface area contributed by atoms with Crippen molar-refractivity contribution in [1.29, 1.82) is 0 Å². The molecule has 4 N–H and O–H groups in total. The highest BCUT2D eigenvalue weighted by atomic mass is 19.1. The lowest BCUT2D eigenvalue weighted by Crippen LogP contribution is -2.47. The average Bonchev–Trinajstić information content (AvgIpc) is 2.55. The number of hydrogen-bond acceptors (Lipinski definition) is 3. The molecule has 0 unspecified atom stereocenters. The maximum absolute atomic E-state index is 13.5. The van der Waals surface area contributed by atoms with Crippen molar-refractivity contribution in [3.63, 3.8) is 0 Å². The van der Waals surface area contributed by atoms with E-state index in [9.17, 15) is 13.6 Å². The van der Waals surface area contributed by atoms with E-state index in [1.807, 2.05) is 0 Å². The second-order valence-corrected chi connectivity index (χ2v) is 6.73. The van der Waals surface area contributed by atoms with E-state index in [1.54, 1.807) is 6.92 Å². The van der Waals surface area contributed by atoms with Gasteiger partial charge in [-0.05, 0) is 31.4 Å². The molecular weight excluding hydrogens is 312 g/mol. The number of carbonyl (C=O) groups excluding carboxylic acids is 1. The highest BCUT2D eigenvalue weighted by molar-refractivity contribution is 5.81. The Morgan fingerprint density at radius 2 is 1.88 bits per heavy atom. The number of benzene rings is 1. The molecule has 1 amide bonds. The molecule has 1 aromatic rings. The molecule has 0 aliphatic heterocycles. The van der Waals surface area contributed by atoms with Crippen LogP contribution in [0.15, 0.2) is 18.2 Å². The molecule has 134 valence electrons. The fourth-order valence-corrected chi connectivity index (χ4v) is 3.21. The normalized spacial score (nSPS) is 18.0. The Hall–Kier alpha value is -1.69. The minimum Gasteiger partial charge on any atom is -0.378 e. The maximum Gasteiger partial charge on any atom is 0.237 e. The number of nitrogens with one attached hydrogen (secondary N) is 2. The smallest absolute Gasteiger partial charge is 0.237 e. The van der Waals surface area contributed by atoms with Crippen molar-refractivity contribution in [1.82, 2.24) is 5.32 Å². The zero-order valence-corrected chi connectivity index (χ0v) is 14.2. The Labute approximate surface area is 142 Å². The first-order chi connectivity index (χ1) is 11.5. The van der Waals surface area contributed by atoms with E-state index in [4.69, 9.17) is 5.73 Å². The van der Waals surface area contributed by atoms with Gasteiger partial charge in [0.05, 0.1) is 6.04 Å². The summed E-state index contributed by atoms with van der Waals surface area (Å²) in [5.41, 5.74) is 5.82. The third kappa shape index (κ3) is 5.44. The summed E-state index contributed by atoms with van der Waals surface area (Å²) in [5.74, 6) is -0.977. The first kappa shape index (κ1) is 18.6. The number of amides is 1. The second kappa shape index (κ2) is 8.97. The van der Waals surface area contributed by atoms with Crippen LogP contribution >= 0.6 is 0 Å². The van der Waals surface area contributed by atoms with Gasteiger partial charge in [0.15, 0.2) is 0 Å². The molecule has 1 fully saturated rings. The summed E-state index contributed by atoms with van der Waals surface area (Å²) in [6, 6.07) is 2.88. The zero-order chi connectivity index (χ0) is 17.5. The standard InChI is InChI=1S/C18H27F2N3O/c1-12(11-22-17-14(19)8-5-9-15(17)20)23-18(24)16(21)10-13-6-3-2-4-7-13/h5,8-9,12-13,16,22H,2-4,6-7,10-11,21H2,1H3,(H,23,24)/t12-,16-/m0/s1. The van der Waals surface area contributed by atoms with Crippen LogP contribution < -0.4 is 16.4 Å². The summed E-state index contributed by atoms with van der Waals surface area (Å²) in [6.07, 6.45) is 6.69. The highest BCUT2D eigenvalue weighted by Crippen LogP contribution is 2.27. The quantitative estimate of drug-likeness (QED) is 0.715. The predicted molar refractivity (Wildman–Crippen MR) is 91.6 cm³/mol. The lowest BCUT2D eigenvalue weighted by Gasteiger charge is -2.25. The number of anilines is 1. The van der Waals surface area contributed by atoms with E-state index in [1.165, 1.54) is 37.5 Å². The van der Waals surface area contributed by atoms with Gasteiger partial charge in [-0.3, -0.25) is 4.79 Å². The summed E-state index contributed by atoms with van der Waals surface area (Å²) >= 11 is 0. The Bertz CT molecular complexity index is 527. The van der Waals surface area contributed by atoms with E-state index in [0.717, 1.165) is 12.8 Å². The maximum atomic E-state index is 13.5. The van der Waals surface area contributed by atoms with Crippen molar-refractivity contribution >= 4 is 11.6 Å². The monoisotopic (exact) mass is 339 g/mol. The highest BCUT2D eigenvalue weighted by Gasteiger charge is 2.22. The molecule has 0 aromatic heterocycles. The Morgan fingerprint density at radius 1 is 1.25 bits per heavy atom. The molecule has 2 atom stereocenters. The molecule has 0 spiro atoms. The van der Waals surface area contributed by atoms with Crippen LogP contribution in [0.2, 0.25) is 0 Å². The van der Waals surface area contributed by atoms with Crippen molar-refractivity contribution in [2.75, 3.05) is 11.9 Å². The van der Waals surface area contributed by atoms with Crippen molar-refractivity contribution in [3.8, 4) is 0 Å². The molecular formula is C18H27F2N3O. The molecule has 1 saturated carbocycles. The summed E-state index contributed by atoms with van der Waals surface area (Å²) < 4.78 is 27.1. The van der Waals surface area contributed by atoms with Gasteiger partial charge in [-0.1, -0.05) is 38.2 Å². The van der Waals surface area contributed by atoms with Crippen LogP contribution in [0.25, 0.3) is 0 Å². The van der Waals surface area contributed by atoms with Crippen molar-refractivity contribution in [2.45, 2.75) is 57.5 Å². The largest absolute Gasteiger partial charge is 0.378 e. The molecule has 0 saturated heterocycles. The average molecular weight is 339 g/mol. The summed E-state index contributed by atoms with van der Waals surface area (Å²) in [5, 5.41) is 5.51. The van der Waals surface area contributed by atoms with Crippen LogP contribution in [0.1, 0.15) is 45.4 Å². The molecule has 24 heavy (non-hydrogen) atoms. The molecule has 0 radical (unpaired) electrons. The third-order valence-corrected chi connectivity index (χ3v) is 4.59. The van der Waals surface area contributed by atoms with Gasteiger partial charge in [-0.15, -0.1) is 0 Å². The van der Waals surface area contributed by atoms with Gasteiger partial charge in [-0.25, -0.2) is 8.78 Å². The Morgan fingerprint density at radius 3 is 2.50 bits per heavy atom. The van der Waals surface area contributed by atoms with E-state index in [2.05, 4.69) is 10.6 Å². The van der Waals surface area contributed by atoms with Gasteiger partial charge in [-0.2, -0.15) is 0 Å². The van der Waals surface area contributed by atoms with Crippen LogP contribution in [-0.2, 0) is 4.79 Å². The van der Waals surface area contributed by atoms with Gasteiger partial charge in [0.1, 0.15) is 17.3 Å². The Kier molecular flexibility index (Phi) is 6.97. The van der Waals surface area contributed by atoms with Gasteiger partial charge >= 0.3 is 0 Å². The molecule has 6 heteroatoms. The Balaban J connectivity index is 1.76. The zero-order valence-electron chi connectivity index (χ0n) is 14.2. The van der Waals surface area contributed by atoms with Gasteiger partial charge in [0.25, 0.3) is 0 Å². The fraction of sp³-hybridized carbons (Fsp3) is 0.611. The summed E-state index contributed by atoms with van der Waals surface area (Å²) in [4.78, 5) is 12.2. The lowest BCUT2D eigenvalue weighted by molar-refractivity contribution is -0.123. The van der Waals surface area contributed by atoms with E-state index < -0.39 is 17.7 Å². The molecule has 1 aliphatic carbocycles. The first-order valence-corrected chi connectivity index (χ1v) is 8.71. The number of para-hydroxylation sites is 1. The van der Waals surface area contributed by atoms with Crippen LogP contribution in [0.5, 0.6) is 0 Å². The van der Waals surface area contributed by atoms with Crippen LogP contribution in [0.4, 0.5) is 14.5 Å². The van der Waals surface area contributed by atoms with E-state index in [0.29, 0.717) is 12.3 Å². The van der Waals surface area contributed by atoms with Gasteiger partial charge in [0, 0.05) is 12.6 Å². The third-order valence-electron chi connectivity index (χ3n) is 4.59. The minimum absolute atomic E-state index is 0.176. The number of halogens is 2. The van der Waals surface area contributed by atoms with Crippen LogP contribution in [-0.4, -0.2) is 24.5 Å². The second-order valence-electron chi connectivity index (χ2n) is 6.73. The molecule has 1 aromatic carbocycles. The topological polar surface area (TPSA) is 67.1 Å². The molecule has 4 nitrogen and oxygen atoms in total. The fourth-order valence-electron chi connectivity index (χ4n) is 3.21. The van der Waals surface area contributed by atoms with Crippen molar-refractivity contribution < 1.29 is 13.6 Å². The predicted octanol–water partition coefficient (Wildman–Crippen LogP) is 3.18. The van der Waals surface area contributed by atoms with E-state index in [-0.39, 0.29) is 24.2 Å². The minimum atomic E-state index is -0.650. The van der Waals surface area contributed by atoms with E-state index >= 15 is 0 Å².